The van der Waals surface area contributed by atoms with Crippen LogP contribution >= 0.6 is 0 Å². The normalized spacial score (nSPS) is 12.7. The van der Waals surface area contributed by atoms with Crippen LogP contribution in [0.3, 0.4) is 0 Å². The second-order valence-electron chi connectivity index (χ2n) is 1.89. The molecule has 60 valence electrons. The number of aliphatic hydroxyl groups is 1. The molecule has 1 N–H and O–H groups in total. The molecule has 0 aliphatic rings. The molecular weight excluding hydrogens is 139 g/mol. The predicted octanol–water partition coefficient (Wildman–Crippen LogP) is 0.270. The lowest BCUT2D eigenvalue weighted by atomic mass is 10.4. The van der Waals surface area contributed by atoms with Crippen LogP contribution in [0.1, 0.15) is 13.3 Å². The van der Waals surface area contributed by atoms with Gasteiger partial charge in [0, 0.05) is 6.42 Å². The molecule has 0 unspecified atom stereocenters. The summed E-state index contributed by atoms with van der Waals surface area (Å²) in [5.41, 5.74) is 0. The standard InChI is InChI=1S/C6H11FO3/c1-5(8)6(9)10-4-2-3-7/h5,8H,2-4H2,1H3/t5-/m1/s1. The van der Waals surface area contributed by atoms with Crippen molar-refractivity contribution >= 4 is 5.97 Å². The molecule has 0 bridgehead atoms. The molecule has 0 saturated carbocycles. The van der Waals surface area contributed by atoms with Crippen LogP contribution in [0.25, 0.3) is 0 Å². The Morgan fingerprint density at radius 3 is 2.80 bits per heavy atom. The van der Waals surface area contributed by atoms with Gasteiger partial charge < -0.3 is 9.84 Å². The van der Waals surface area contributed by atoms with Gasteiger partial charge in [-0.15, -0.1) is 0 Å². The lowest BCUT2D eigenvalue weighted by Crippen LogP contribution is -2.19. The number of carbonyl (C=O) groups excluding carboxylic acids is 1. The Kier molecular flexibility index (Phi) is 4.84. The molecule has 0 aromatic rings. The first-order chi connectivity index (χ1) is 4.68. The molecule has 0 saturated heterocycles. The fraction of sp³-hybridized carbons (Fsp3) is 0.833. The first kappa shape index (κ1) is 9.36. The van der Waals surface area contributed by atoms with Crippen molar-refractivity contribution in [3.8, 4) is 0 Å². The Balaban J connectivity index is 3.22. The maximum absolute atomic E-state index is 11.4. The molecule has 0 fully saturated rings. The van der Waals surface area contributed by atoms with E-state index in [9.17, 15) is 9.18 Å². The molecular formula is C6H11FO3. The van der Waals surface area contributed by atoms with Crippen LogP contribution in [0.2, 0.25) is 0 Å². The number of esters is 1. The Labute approximate surface area is 58.8 Å². The van der Waals surface area contributed by atoms with Gasteiger partial charge in [0.05, 0.1) is 13.3 Å². The maximum atomic E-state index is 11.4. The highest BCUT2D eigenvalue weighted by atomic mass is 19.1. The van der Waals surface area contributed by atoms with E-state index >= 15 is 0 Å². The van der Waals surface area contributed by atoms with Crippen LogP contribution in [-0.2, 0) is 9.53 Å². The summed E-state index contributed by atoms with van der Waals surface area (Å²) in [6, 6.07) is 0. The van der Waals surface area contributed by atoms with E-state index in [1.165, 1.54) is 6.92 Å². The van der Waals surface area contributed by atoms with Gasteiger partial charge in [-0.25, -0.2) is 4.79 Å². The minimum absolute atomic E-state index is 0.0419. The van der Waals surface area contributed by atoms with E-state index in [1.54, 1.807) is 0 Å². The van der Waals surface area contributed by atoms with Gasteiger partial charge in [-0.3, -0.25) is 4.39 Å². The molecule has 0 aliphatic carbocycles. The van der Waals surface area contributed by atoms with Crippen LogP contribution in [-0.4, -0.2) is 30.5 Å². The number of halogens is 1. The third kappa shape index (κ3) is 4.26. The molecule has 1 atom stereocenters. The largest absolute Gasteiger partial charge is 0.464 e. The highest BCUT2D eigenvalue weighted by molar-refractivity contribution is 5.73. The number of alkyl halides is 1. The number of aliphatic hydroxyl groups excluding tert-OH is 1. The predicted molar refractivity (Wildman–Crippen MR) is 33.2 cm³/mol. The van der Waals surface area contributed by atoms with Crippen molar-refractivity contribution in [1.29, 1.82) is 0 Å². The topological polar surface area (TPSA) is 46.5 Å². The van der Waals surface area contributed by atoms with E-state index in [4.69, 9.17) is 5.11 Å². The number of ether oxygens (including phenoxy) is 1. The van der Waals surface area contributed by atoms with Crippen LogP contribution in [0.15, 0.2) is 0 Å². The summed E-state index contributed by atoms with van der Waals surface area (Å²) in [5, 5.41) is 8.55. The minimum Gasteiger partial charge on any atom is -0.464 e. The molecule has 0 heterocycles. The van der Waals surface area contributed by atoms with Crippen molar-refractivity contribution in [3.63, 3.8) is 0 Å². The summed E-state index contributed by atoms with van der Waals surface area (Å²) in [4.78, 5) is 10.4. The summed E-state index contributed by atoms with van der Waals surface area (Å²) >= 11 is 0. The van der Waals surface area contributed by atoms with E-state index in [-0.39, 0.29) is 13.0 Å². The summed E-state index contributed by atoms with van der Waals surface area (Å²) < 4.78 is 15.8. The van der Waals surface area contributed by atoms with Gasteiger partial charge in [-0.05, 0) is 6.92 Å². The summed E-state index contributed by atoms with van der Waals surface area (Å²) in [5.74, 6) is -0.701. The number of carbonyl (C=O) groups is 1. The molecule has 4 heteroatoms. The molecule has 0 spiro atoms. The molecule has 0 rings (SSSR count). The average molecular weight is 150 g/mol. The molecule has 0 aromatic heterocycles. The fourth-order valence-electron chi connectivity index (χ4n) is 0.348. The number of hydrogen-bond donors (Lipinski definition) is 1. The first-order valence-electron chi connectivity index (χ1n) is 3.09. The second kappa shape index (κ2) is 5.17. The van der Waals surface area contributed by atoms with Gasteiger partial charge in [0.15, 0.2) is 0 Å². The summed E-state index contributed by atoms with van der Waals surface area (Å²) in [7, 11) is 0. The van der Waals surface area contributed by atoms with E-state index in [2.05, 4.69) is 4.74 Å². The van der Waals surface area contributed by atoms with Gasteiger partial charge in [0.25, 0.3) is 0 Å². The van der Waals surface area contributed by atoms with Crippen molar-refractivity contribution in [2.75, 3.05) is 13.3 Å². The maximum Gasteiger partial charge on any atom is 0.334 e. The summed E-state index contributed by atoms with van der Waals surface area (Å²) in [6.07, 6.45) is -0.919. The molecule has 0 aliphatic heterocycles. The van der Waals surface area contributed by atoms with E-state index in [1.807, 2.05) is 0 Å². The monoisotopic (exact) mass is 150 g/mol. The molecule has 3 nitrogen and oxygen atoms in total. The zero-order valence-electron chi connectivity index (χ0n) is 5.84. The van der Waals surface area contributed by atoms with E-state index in [0.29, 0.717) is 0 Å². The zero-order valence-corrected chi connectivity index (χ0v) is 5.84. The molecule has 0 amide bonds. The van der Waals surface area contributed by atoms with Crippen LogP contribution in [0.5, 0.6) is 0 Å². The Morgan fingerprint density at radius 1 is 1.80 bits per heavy atom. The first-order valence-corrected chi connectivity index (χ1v) is 3.09. The Hall–Kier alpha value is -0.640. The van der Waals surface area contributed by atoms with Crippen LogP contribution < -0.4 is 0 Å². The van der Waals surface area contributed by atoms with Gasteiger partial charge in [0.2, 0.25) is 0 Å². The van der Waals surface area contributed by atoms with Gasteiger partial charge >= 0.3 is 5.97 Å². The van der Waals surface area contributed by atoms with Crippen molar-refractivity contribution in [1.82, 2.24) is 0 Å². The highest BCUT2D eigenvalue weighted by Gasteiger charge is 2.08. The lowest BCUT2D eigenvalue weighted by Gasteiger charge is -2.03. The van der Waals surface area contributed by atoms with Crippen molar-refractivity contribution in [2.24, 2.45) is 0 Å². The van der Waals surface area contributed by atoms with Gasteiger partial charge in [0.1, 0.15) is 6.10 Å². The number of hydrogen-bond acceptors (Lipinski definition) is 3. The molecule has 0 aromatic carbocycles. The van der Waals surface area contributed by atoms with Gasteiger partial charge in [-0.1, -0.05) is 0 Å². The highest BCUT2D eigenvalue weighted by Crippen LogP contribution is 1.89. The number of rotatable bonds is 4. The molecule has 10 heavy (non-hydrogen) atoms. The van der Waals surface area contributed by atoms with E-state index in [0.717, 1.165) is 0 Å². The second-order valence-corrected chi connectivity index (χ2v) is 1.89. The third-order valence-corrected chi connectivity index (χ3v) is 0.863. The van der Waals surface area contributed by atoms with Crippen molar-refractivity contribution in [2.45, 2.75) is 19.4 Å². The fourth-order valence-corrected chi connectivity index (χ4v) is 0.348. The Morgan fingerprint density at radius 2 is 2.40 bits per heavy atom. The van der Waals surface area contributed by atoms with E-state index < -0.39 is 18.7 Å². The van der Waals surface area contributed by atoms with Crippen molar-refractivity contribution in [3.05, 3.63) is 0 Å². The Bertz CT molecular complexity index is 103. The lowest BCUT2D eigenvalue weighted by molar-refractivity contribution is -0.152. The quantitative estimate of drug-likeness (QED) is 0.462. The zero-order chi connectivity index (χ0) is 7.98. The minimum atomic E-state index is -1.11. The van der Waals surface area contributed by atoms with Crippen LogP contribution in [0.4, 0.5) is 4.39 Å². The molecule has 0 radical (unpaired) electrons. The smallest absolute Gasteiger partial charge is 0.334 e. The summed E-state index contributed by atoms with van der Waals surface area (Å²) in [6.45, 7) is 0.838. The SMILES string of the molecule is C[C@@H](O)C(=O)OCCCF. The van der Waals surface area contributed by atoms with Crippen molar-refractivity contribution < 1.29 is 19.0 Å². The van der Waals surface area contributed by atoms with Gasteiger partial charge in [-0.2, -0.15) is 0 Å². The van der Waals surface area contributed by atoms with Crippen LogP contribution in [0, 0.1) is 0 Å². The average Bonchev–Trinajstić information content (AvgIpc) is 1.88. The third-order valence-electron chi connectivity index (χ3n) is 0.863.